The Balaban J connectivity index is 2.54. The van der Waals surface area contributed by atoms with E-state index < -0.39 is 0 Å². The Kier molecular flexibility index (Phi) is 4.92. The predicted octanol–water partition coefficient (Wildman–Crippen LogP) is 4.62. The van der Waals surface area contributed by atoms with Gasteiger partial charge >= 0.3 is 0 Å². The molecule has 0 amide bonds. The summed E-state index contributed by atoms with van der Waals surface area (Å²) in [6, 6.07) is 11.5. The van der Waals surface area contributed by atoms with Crippen molar-refractivity contribution in [3.05, 3.63) is 63.1 Å². The number of aryl methyl sites for hydroxylation is 1. The quantitative estimate of drug-likeness (QED) is 0.890. The predicted molar refractivity (Wildman–Crippen MR) is 85.1 cm³/mol. The third kappa shape index (κ3) is 3.09. The van der Waals surface area contributed by atoms with Gasteiger partial charge in [-0.05, 0) is 49.4 Å². The molecule has 1 atom stereocenters. The first kappa shape index (κ1) is 15.2. The second-order valence-electron chi connectivity index (χ2n) is 4.63. The highest BCUT2D eigenvalue weighted by atomic mass is 35.5. The number of hydrogen-bond donors (Lipinski definition) is 1. The molecule has 0 saturated carbocycles. The number of halogens is 2. The maximum absolute atomic E-state index is 6.37. The van der Waals surface area contributed by atoms with E-state index in [1.807, 2.05) is 50.4 Å². The number of hydrogen-bond acceptors (Lipinski definition) is 2. The highest BCUT2D eigenvalue weighted by molar-refractivity contribution is 6.31. The summed E-state index contributed by atoms with van der Waals surface area (Å²) < 4.78 is 5.43. The van der Waals surface area contributed by atoms with Gasteiger partial charge in [0, 0.05) is 15.6 Å². The van der Waals surface area contributed by atoms with Gasteiger partial charge in [-0.2, -0.15) is 0 Å². The second-order valence-corrected chi connectivity index (χ2v) is 5.48. The van der Waals surface area contributed by atoms with Crippen molar-refractivity contribution in [1.82, 2.24) is 5.32 Å². The van der Waals surface area contributed by atoms with E-state index >= 15 is 0 Å². The molecule has 20 heavy (non-hydrogen) atoms. The lowest BCUT2D eigenvalue weighted by Crippen LogP contribution is -2.19. The van der Waals surface area contributed by atoms with Gasteiger partial charge in [-0.15, -0.1) is 0 Å². The molecule has 2 aromatic rings. The summed E-state index contributed by atoms with van der Waals surface area (Å²) in [7, 11) is 3.54. The van der Waals surface area contributed by atoms with Crippen LogP contribution in [0.5, 0.6) is 5.75 Å². The maximum atomic E-state index is 6.37. The van der Waals surface area contributed by atoms with Crippen LogP contribution in [0.25, 0.3) is 0 Å². The Labute approximate surface area is 129 Å². The van der Waals surface area contributed by atoms with E-state index in [1.165, 1.54) is 0 Å². The lowest BCUT2D eigenvalue weighted by atomic mass is 9.97. The third-order valence-electron chi connectivity index (χ3n) is 3.26. The molecule has 0 spiro atoms. The molecule has 2 rings (SSSR count). The summed E-state index contributed by atoms with van der Waals surface area (Å²) in [6.07, 6.45) is 0. The highest BCUT2D eigenvalue weighted by Gasteiger charge is 2.19. The molecular weight excluding hydrogens is 293 g/mol. The Hall–Kier alpha value is -1.22. The molecule has 0 bridgehead atoms. The highest BCUT2D eigenvalue weighted by Crippen LogP contribution is 2.35. The van der Waals surface area contributed by atoms with Crippen molar-refractivity contribution in [2.24, 2.45) is 0 Å². The largest absolute Gasteiger partial charge is 0.496 e. The summed E-state index contributed by atoms with van der Waals surface area (Å²) >= 11 is 12.5. The fourth-order valence-electron chi connectivity index (χ4n) is 2.28. The van der Waals surface area contributed by atoms with E-state index in [2.05, 4.69) is 5.32 Å². The van der Waals surface area contributed by atoms with E-state index in [0.717, 1.165) is 27.5 Å². The first-order valence-electron chi connectivity index (χ1n) is 6.33. The monoisotopic (exact) mass is 309 g/mol. The van der Waals surface area contributed by atoms with Crippen LogP contribution in [-0.2, 0) is 0 Å². The molecule has 4 heteroatoms. The van der Waals surface area contributed by atoms with Crippen LogP contribution < -0.4 is 10.1 Å². The minimum Gasteiger partial charge on any atom is -0.496 e. The van der Waals surface area contributed by atoms with Gasteiger partial charge in [0.2, 0.25) is 0 Å². The molecule has 0 aliphatic heterocycles. The minimum absolute atomic E-state index is 0.0725. The first-order valence-corrected chi connectivity index (χ1v) is 7.09. The van der Waals surface area contributed by atoms with Crippen LogP contribution in [0.2, 0.25) is 10.0 Å². The van der Waals surface area contributed by atoms with Crippen molar-refractivity contribution in [3.63, 3.8) is 0 Å². The van der Waals surface area contributed by atoms with Crippen molar-refractivity contribution < 1.29 is 4.74 Å². The molecule has 0 saturated heterocycles. The van der Waals surface area contributed by atoms with Gasteiger partial charge in [0.1, 0.15) is 5.75 Å². The summed E-state index contributed by atoms with van der Waals surface area (Å²) in [4.78, 5) is 0. The molecule has 0 fully saturated rings. The fraction of sp³-hybridized carbons (Fsp3) is 0.250. The van der Waals surface area contributed by atoms with Crippen molar-refractivity contribution in [1.29, 1.82) is 0 Å². The molecule has 0 aromatic heterocycles. The Morgan fingerprint density at radius 1 is 1.05 bits per heavy atom. The normalized spacial score (nSPS) is 12.2. The molecule has 0 heterocycles. The van der Waals surface area contributed by atoms with Crippen molar-refractivity contribution >= 4 is 23.2 Å². The average Bonchev–Trinajstić information content (AvgIpc) is 2.42. The molecule has 2 aromatic carbocycles. The lowest BCUT2D eigenvalue weighted by Gasteiger charge is -2.21. The van der Waals surface area contributed by atoms with Crippen molar-refractivity contribution in [2.45, 2.75) is 13.0 Å². The molecular formula is C16H17Cl2NO. The number of rotatable bonds is 4. The van der Waals surface area contributed by atoms with E-state index in [9.17, 15) is 0 Å². The van der Waals surface area contributed by atoms with Gasteiger partial charge in [-0.1, -0.05) is 35.3 Å². The smallest absolute Gasteiger partial charge is 0.124 e. The fourth-order valence-corrected chi connectivity index (χ4v) is 2.80. The van der Waals surface area contributed by atoms with Crippen LogP contribution in [0.3, 0.4) is 0 Å². The summed E-state index contributed by atoms with van der Waals surface area (Å²) in [6.45, 7) is 2.02. The molecule has 1 unspecified atom stereocenters. The number of ether oxygens (including phenoxy) is 1. The van der Waals surface area contributed by atoms with E-state index in [-0.39, 0.29) is 6.04 Å². The van der Waals surface area contributed by atoms with Crippen LogP contribution in [-0.4, -0.2) is 14.2 Å². The Morgan fingerprint density at radius 3 is 2.40 bits per heavy atom. The average molecular weight is 310 g/mol. The van der Waals surface area contributed by atoms with Gasteiger partial charge in [-0.25, -0.2) is 0 Å². The molecule has 0 aliphatic rings. The van der Waals surface area contributed by atoms with Gasteiger partial charge < -0.3 is 10.1 Å². The summed E-state index contributed by atoms with van der Waals surface area (Å²) in [5.41, 5.74) is 3.10. The SMILES string of the molecule is CNC(c1ccc(C)cc1Cl)c1cc(Cl)ccc1OC. The molecule has 106 valence electrons. The zero-order chi connectivity index (χ0) is 14.7. The molecule has 0 aliphatic carbocycles. The van der Waals surface area contributed by atoms with Crippen LogP contribution in [0.15, 0.2) is 36.4 Å². The third-order valence-corrected chi connectivity index (χ3v) is 3.82. The topological polar surface area (TPSA) is 21.3 Å². The molecule has 0 radical (unpaired) electrons. The van der Waals surface area contributed by atoms with E-state index in [4.69, 9.17) is 27.9 Å². The minimum atomic E-state index is -0.0725. The molecule has 2 nitrogen and oxygen atoms in total. The summed E-state index contributed by atoms with van der Waals surface area (Å²) in [5, 5.41) is 4.67. The van der Waals surface area contributed by atoms with Crippen LogP contribution >= 0.6 is 23.2 Å². The summed E-state index contributed by atoms with van der Waals surface area (Å²) in [5.74, 6) is 0.783. The molecule has 1 N–H and O–H groups in total. The van der Waals surface area contributed by atoms with Crippen LogP contribution in [0.1, 0.15) is 22.7 Å². The van der Waals surface area contributed by atoms with Gasteiger partial charge in [0.25, 0.3) is 0 Å². The standard InChI is InChI=1S/C16H17Cl2NO/c1-10-4-6-12(14(18)8-10)16(19-2)13-9-11(17)5-7-15(13)20-3/h4-9,16,19H,1-3H3. The number of benzene rings is 2. The van der Waals surface area contributed by atoms with E-state index in [0.29, 0.717) is 5.02 Å². The zero-order valence-corrected chi connectivity index (χ0v) is 13.2. The van der Waals surface area contributed by atoms with Gasteiger partial charge in [0.15, 0.2) is 0 Å². The maximum Gasteiger partial charge on any atom is 0.124 e. The van der Waals surface area contributed by atoms with Gasteiger partial charge in [-0.3, -0.25) is 0 Å². The van der Waals surface area contributed by atoms with E-state index in [1.54, 1.807) is 7.11 Å². The van der Waals surface area contributed by atoms with Crippen LogP contribution in [0, 0.1) is 6.92 Å². The zero-order valence-electron chi connectivity index (χ0n) is 11.7. The van der Waals surface area contributed by atoms with Crippen molar-refractivity contribution in [2.75, 3.05) is 14.2 Å². The first-order chi connectivity index (χ1) is 9.56. The number of nitrogens with one attached hydrogen (secondary N) is 1. The Bertz CT molecular complexity index is 613. The van der Waals surface area contributed by atoms with Gasteiger partial charge in [0.05, 0.1) is 13.2 Å². The Morgan fingerprint density at radius 2 is 1.80 bits per heavy atom. The van der Waals surface area contributed by atoms with Crippen molar-refractivity contribution in [3.8, 4) is 5.75 Å². The number of methoxy groups -OCH3 is 1. The van der Waals surface area contributed by atoms with Crippen LogP contribution in [0.4, 0.5) is 0 Å². The second kappa shape index (κ2) is 6.49. The lowest BCUT2D eigenvalue weighted by molar-refractivity contribution is 0.405.